The Bertz CT molecular complexity index is 461. The van der Waals surface area contributed by atoms with Crippen LogP contribution in [0.3, 0.4) is 0 Å². The van der Waals surface area contributed by atoms with E-state index in [9.17, 15) is 9.59 Å². The SMILES string of the molecule is CC(=O)N1CCN(C(=O)c2ccc(CCN)o2)CC1. The second-order valence-electron chi connectivity index (χ2n) is 4.60. The average molecular weight is 265 g/mol. The molecular formula is C13H19N3O3. The minimum Gasteiger partial charge on any atom is -0.456 e. The van der Waals surface area contributed by atoms with Crippen molar-refractivity contribution in [2.45, 2.75) is 13.3 Å². The largest absolute Gasteiger partial charge is 0.456 e. The first-order valence-electron chi connectivity index (χ1n) is 6.45. The third kappa shape index (κ3) is 3.14. The lowest BCUT2D eigenvalue weighted by molar-refractivity contribution is -0.130. The molecule has 19 heavy (non-hydrogen) atoms. The molecule has 2 rings (SSSR count). The molecule has 2 amide bonds. The number of nitrogens with two attached hydrogens (primary N) is 1. The zero-order chi connectivity index (χ0) is 13.8. The second-order valence-corrected chi connectivity index (χ2v) is 4.60. The van der Waals surface area contributed by atoms with Crippen molar-refractivity contribution in [3.63, 3.8) is 0 Å². The van der Waals surface area contributed by atoms with Crippen LogP contribution in [0.15, 0.2) is 16.5 Å². The zero-order valence-electron chi connectivity index (χ0n) is 11.1. The molecule has 0 aromatic carbocycles. The first-order chi connectivity index (χ1) is 9.11. The van der Waals surface area contributed by atoms with Crippen molar-refractivity contribution in [1.82, 2.24) is 9.80 Å². The number of hydrogen-bond acceptors (Lipinski definition) is 4. The fraction of sp³-hybridized carbons (Fsp3) is 0.538. The molecule has 0 aliphatic carbocycles. The fourth-order valence-electron chi connectivity index (χ4n) is 2.15. The minimum absolute atomic E-state index is 0.0512. The van der Waals surface area contributed by atoms with Crippen LogP contribution < -0.4 is 5.73 Å². The molecule has 0 bridgehead atoms. The lowest BCUT2D eigenvalue weighted by atomic mass is 10.3. The molecule has 1 aliphatic rings. The summed E-state index contributed by atoms with van der Waals surface area (Å²) in [6, 6.07) is 3.47. The standard InChI is InChI=1S/C13H19N3O3/c1-10(17)15-6-8-16(9-7-15)13(18)12-3-2-11(19-12)4-5-14/h2-3H,4-9,14H2,1H3. The number of piperazine rings is 1. The number of carbonyl (C=O) groups is 2. The zero-order valence-corrected chi connectivity index (χ0v) is 11.1. The number of carbonyl (C=O) groups excluding carboxylic acids is 2. The van der Waals surface area contributed by atoms with Gasteiger partial charge in [0.15, 0.2) is 5.76 Å². The molecule has 6 nitrogen and oxygen atoms in total. The highest BCUT2D eigenvalue weighted by atomic mass is 16.4. The predicted octanol–water partition coefficient (Wildman–Crippen LogP) is 0.0851. The van der Waals surface area contributed by atoms with E-state index in [-0.39, 0.29) is 11.8 Å². The third-order valence-corrected chi connectivity index (χ3v) is 3.28. The van der Waals surface area contributed by atoms with E-state index in [1.807, 2.05) is 0 Å². The van der Waals surface area contributed by atoms with Gasteiger partial charge in [-0.2, -0.15) is 0 Å². The normalized spacial score (nSPS) is 15.7. The monoisotopic (exact) mass is 265 g/mol. The number of nitrogens with zero attached hydrogens (tertiary/aromatic N) is 2. The van der Waals surface area contributed by atoms with Crippen molar-refractivity contribution in [3.05, 3.63) is 23.7 Å². The maximum absolute atomic E-state index is 12.2. The summed E-state index contributed by atoms with van der Waals surface area (Å²) in [5.41, 5.74) is 5.44. The molecule has 2 N–H and O–H groups in total. The Morgan fingerprint density at radius 3 is 2.42 bits per heavy atom. The number of furan rings is 1. The molecule has 0 radical (unpaired) electrons. The molecule has 1 aliphatic heterocycles. The number of hydrogen-bond donors (Lipinski definition) is 1. The van der Waals surface area contributed by atoms with E-state index in [2.05, 4.69) is 0 Å². The number of rotatable bonds is 3. The van der Waals surface area contributed by atoms with Gasteiger partial charge in [-0.15, -0.1) is 0 Å². The van der Waals surface area contributed by atoms with Crippen LogP contribution in [0.5, 0.6) is 0 Å². The summed E-state index contributed by atoms with van der Waals surface area (Å²) in [6.45, 7) is 4.30. The second kappa shape index (κ2) is 5.88. The van der Waals surface area contributed by atoms with Crippen LogP contribution in [0.2, 0.25) is 0 Å². The Morgan fingerprint density at radius 2 is 1.84 bits per heavy atom. The molecule has 1 saturated heterocycles. The van der Waals surface area contributed by atoms with Crippen molar-refractivity contribution in [2.24, 2.45) is 5.73 Å². The molecule has 1 fully saturated rings. The summed E-state index contributed by atoms with van der Waals surface area (Å²) in [7, 11) is 0. The van der Waals surface area contributed by atoms with Crippen LogP contribution in [0.4, 0.5) is 0 Å². The van der Waals surface area contributed by atoms with Crippen LogP contribution in [0, 0.1) is 0 Å². The van der Waals surface area contributed by atoms with Gasteiger partial charge in [-0.3, -0.25) is 9.59 Å². The average Bonchev–Trinajstić information content (AvgIpc) is 2.87. The molecule has 2 heterocycles. The van der Waals surface area contributed by atoms with Crippen molar-refractivity contribution in [2.75, 3.05) is 32.7 Å². The summed E-state index contributed by atoms with van der Waals surface area (Å²) in [6.07, 6.45) is 0.630. The summed E-state index contributed by atoms with van der Waals surface area (Å²) >= 11 is 0. The van der Waals surface area contributed by atoms with E-state index < -0.39 is 0 Å². The summed E-state index contributed by atoms with van der Waals surface area (Å²) in [5, 5.41) is 0. The topological polar surface area (TPSA) is 79.8 Å². The molecule has 1 aromatic rings. The summed E-state index contributed by atoms with van der Waals surface area (Å²) in [4.78, 5) is 26.9. The van der Waals surface area contributed by atoms with Gasteiger partial charge in [0.1, 0.15) is 5.76 Å². The van der Waals surface area contributed by atoms with Crippen molar-refractivity contribution >= 4 is 11.8 Å². The van der Waals surface area contributed by atoms with Gasteiger partial charge in [-0.05, 0) is 18.7 Å². The van der Waals surface area contributed by atoms with E-state index >= 15 is 0 Å². The molecule has 1 aromatic heterocycles. The third-order valence-electron chi connectivity index (χ3n) is 3.28. The van der Waals surface area contributed by atoms with E-state index in [1.165, 1.54) is 0 Å². The Labute approximate surface area is 112 Å². The van der Waals surface area contributed by atoms with E-state index in [1.54, 1.807) is 28.9 Å². The molecule has 0 spiro atoms. The summed E-state index contributed by atoms with van der Waals surface area (Å²) < 4.78 is 5.46. The molecule has 0 atom stereocenters. The maximum atomic E-state index is 12.2. The van der Waals surface area contributed by atoms with Crippen LogP contribution in [-0.2, 0) is 11.2 Å². The van der Waals surface area contributed by atoms with Gasteiger partial charge in [0.05, 0.1) is 0 Å². The van der Waals surface area contributed by atoms with Gasteiger partial charge in [-0.25, -0.2) is 0 Å². The minimum atomic E-state index is -0.119. The van der Waals surface area contributed by atoms with Crippen LogP contribution in [0.25, 0.3) is 0 Å². The molecule has 0 saturated carbocycles. The molecule has 104 valence electrons. The lowest BCUT2D eigenvalue weighted by Gasteiger charge is -2.33. The highest BCUT2D eigenvalue weighted by Crippen LogP contribution is 2.13. The van der Waals surface area contributed by atoms with Crippen LogP contribution in [0.1, 0.15) is 23.2 Å². The fourth-order valence-corrected chi connectivity index (χ4v) is 2.15. The van der Waals surface area contributed by atoms with Gasteiger partial charge in [-0.1, -0.05) is 0 Å². The first-order valence-corrected chi connectivity index (χ1v) is 6.45. The van der Waals surface area contributed by atoms with Crippen molar-refractivity contribution in [1.29, 1.82) is 0 Å². The lowest BCUT2D eigenvalue weighted by Crippen LogP contribution is -2.50. The van der Waals surface area contributed by atoms with E-state index in [0.29, 0.717) is 44.9 Å². The van der Waals surface area contributed by atoms with Gasteiger partial charge in [0.25, 0.3) is 5.91 Å². The van der Waals surface area contributed by atoms with Crippen molar-refractivity contribution < 1.29 is 14.0 Å². The Balaban J connectivity index is 1.95. The van der Waals surface area contributed by atoms with Crippen LogP contribution in [-0.4, -0.2) is 54.3 Å². The van der Waals surface area contributed by atoms with E-state index in [4.69, 9.17) is 10.2 Å². The maximum Gasteiger partial charge on any atom is 0.289 e. The van der Waals surface area contributed by atoms with Gasteiger partial charge in [0.2, 0.25) is 5.91 Å². The van der Waals surface area contributed by atoms with E-state index in [0.717, 1.165) is 5.76 Å². The Morgan fingerprint density at radius 1 is 1.21 bits per heavy atom. The van der Waals surface area contributed by atoms with Gasteiger partial charge < -0.3 is 20.0 Å². The summed E-state index contributed by atoms with van der Waals surface area (Å²) in [5.74, 6) is 1.01. The predicted molar refractivity (Wildman–Crippen MR) is 69.6 cm³/mol. The Hall–Kier alpha value is -1.82. The first kappa shape index (κ1) is 13.6. The number of amides is 2. The Kier molecular flexibility index (Phi) is 4.21. The van der Waals surface area contributed by atoms with Crippen LogP contribution >= 0.6 is 0 Å². The molecular weight excluding hydrogens is 246 g/mol. The highest BCUT2D eigenvalue weighted by molar-refractivity contribution is 5.91. The van der Waals surface area contributed by atoms with Gasteiger partial charge >= 0.3 is 0 Å². The van der Waals surface area contributed by atoms with Gasteiger partial charge in [0, 0.05) is 39.5 Å². The molecule has 6 heteroatoms. The highest BCUT2D eigenvalue weighted by Gasteiger charge is 2.24. The van der Waals surface area contributed by atoms with Crippen molar-refractivity contribution in [3.8, 4) is 0 Å². The smallest absolute Gasteiger partial charge is 0.289 e. The molecule has 0 unspecified atom stereocenters. The quantitative estimate of drug-likeness (QED) is 0.839.